The molecule has 0 radical (unpaired) electrons. The Morgan fingerprint density at radius 2 is 2.16 bits per heavy atom. The van der Waals surface area contributed by atoms with Gasteiger partial charge in [-0.15, -0.1) is 0 Å². The van der Waals surface area contributed by atoms with E-state index in [4.69, 9.17) is 10.00 Å². The smallest absolute Gasteiger partial charge is 0.416 e. The first-order chi connectivity index (χ1) is 8.92. The lowest BCUT2D eigenvalue weighted by Crippen LogP contribution is -2.12. The molecule has 1 rings (SSSR count). The van der Waals surface area contributed by atoms with E-state index >= 15 is 0 Å². The van der Waals surface area contributed by atoms with Gasteiger partial charge in [-0.2, -0.15) is 18.4 Å². The molecule has 0 saturated carbocycles. The van der Waals surface area contributed by atoms with Crippen molar-refractivity contribution in [2.75, 3.05) is 13.4 Å². The van der Waals surface area contributed by atoms with E-state index in [2.05, 4.69) is 10.3 Å². The van der Waals surface area contributed by atoms with Crippen LogP contribution in [0.15, 0.2) is 23.2 Å². The van der Waals surface area contributed by atoms with Gasteiger partial charge in [0, 0.05) is 0 Å². The van der Waals surface area contributed by atoms with Crippen LogP contribution in [0.5, 0.6) is 5.75 Å². The Morgan fingerprint density at radius 3 is 2.63 bits per heavy atom. The van der Waals surface area contributed by atoms with Gasteiger partial charge in [0.05, 0.1) is 12.7 Å². The molecule has 1 aromatic carbocycles. The van der Waals surface area contributed by atoms with Gasteiger partial charge in [0.25, 0.3) is 0 Å². The third-order valence-electron chi connectivity index (χ3n) is 2.08. The molecule has 0 fully saturated rings. The van der Waals surface area contributed by atoms with Gasteiger partial charge in [-0.1, -0.05) is 11.8 Å². The first-order valence-corrected chi connectivity index (χ1v) is 6.18. The third kappa shape index (κ3) is 4.06. The van der Waals surface area contributed by atoms with E-state index in [9.17, 15) is 13.2 Å². The first kappa shape index (κ1) is 15.2. The second-order valence-electron chi connectivity index (χ2n) is 3.24. The molecule has 0 unspecified atom stereocenters. The molecule has 19 heavy (non-hydrogen) atoms. The second-order valence-corrected chi connectivity index (χ2v) is 4.04. The number of thioether (sulfide) groups is 1. The Morgan fingerprint density at radius 1 is 1.47 bits per heavy atom. The molecule has 0 bridgehead atoms. The fraction of sp³-hybridized carbons (Fsp3) is 0.273. The zero-order valence-corrected chi connectivity index (χ0v) is 10.9. The van der Waals surface area contributed by atoms with Crippen molar-refractivity contribution in [1.29, 1.82) is 5.26 Å². The Balaban J connectivity index is 3.27. The van der Waals surface area contributed by atoms with E-state index in [1.165, 1.54) is 13.2 Å². The summed E-state index contributed by atoms with van der Waals surface area (Å²) in [6.45, 7) is 0. The predicted molar refractivity (Wildman–Crippen MR) is 67.4 cm³/mol. The minimum atomic E-state index is -4.46. The lowest BCUT2D eigenvalue weighted by Gasteiger charge is -2.10. The highest BCUT2D eigenvalue weighted by atomic mass is 32.2. The van der Waals surface area contributed by atoms with Crippen LogP contribution in [0, 0.1) is 11.5 Å². The highest BCUT2D eigenvalue weighted by molar-refractivity contribution is 8.13. The van der Waals surface area contributed by atoms with Crippen molar-refractivity contribution >= 4 is 22.6 Å². The Bertz CT molecular complexity index is 523. The van der Waals surface area contributed by atoms with E-state index < -0.39 is 11.7 Å². The average Bonchev–Trinajstić information content (AvgIpc) is 2.37. The van der Waals surface area contributed by atoms with Crippen molar-refractivity contribution in [1.82, 2.24) is 5.32 Å². The second kappa shape index (κ2) is 6.33. The number of nitrogens with one attached hydrogen (secondary N) is 1. The molecule has 0 amide bonds. The average molecular weight is 289 g/mol. The molecule has 1 aromatic rings. The lowest BCUT2D eigenvalue weighted by atomic mass is 10.2. The summed E-state index contributed by atoms with van der Waals surface area (Å²) in [7, 11) is 1.33. The lowest BCUT2D eigenvalue weighted by molar-refractivity contribution is -0.137. The Kier molecular flexibility index (Phi) is 5.06. The highest BCUT2D eigenvalue weighted by Crippen LogP contribution is 2.36. The summed E-state index contributed by atoms with van der Waals surface area (Å²) in [4.78, 5) is 3.93. The molecular weight excluding hydrogens is 279 g/mol. The monoisotopic (exact) mass is 289 g/mol. The van der Waals surface area contributed by atoms with Crippen LogP contribution < -0.4 is 10.1 Å². The number of hydrogen-bond acceptors (Lipinski definition) is 4. The van der Waals surface area contributed by atoms with E-state index in [1.54, 1.807) is 12.4 Å². The van der Waals surface area contributed by atoms with Crippen molar-refractivity contribution in [3.8, 4) is 11.9 Å². The maximum atomic E-state index is 12.6. The first-order valence-electron chi connectivity index (χ1n) is 4.95. The standard InChI is InChI=1S/C11H10F3N3OS/c1-18-9-4-3-7(11(12,13)14)5-8(9)17-10(19-2)16-6-15/h3-5H,1-2H3,(H,16,17). The van der Waals surface area contributed by atoms with E-state index in [0.717, 1.165) is 23.9 Å². The fourth-order valence-electron chi connectivity index (χ4n) is 1.24. The molecule has 0 aliphatic carbocycles. The van der Waals surface area contributed by atoms with Crippen molar-refractivity contribution in [2.45, 2.75) is 6.18 Å². The van der Waals surface area contributed by atoms with Crippen molar-refractivity contribution < 1.29 is 17.9 Å². The number of aliphatic imine (C=N–C) groups is 1. The van der Waals surface area contributed by atoms with Gasteiger partial charge in [0.15, 0.2) is 11.4 Å². The minimum Gasteiger partial charge on any atom is -0.494 e. The van der Waals surface area contributed by atoms with Crippen LogP contribution in [-0.2, 0) is 6.18 Å². The molecule has 0 aliphatic rings. The molecule has 8 heteroatoms. The summed E-state index contributed by atoms with van der Waals surface area (Å²) >= 11 is 1.10. The minimum absolute atomic E-state index is 0.00410. The molecule has 0 aromatic heterocycles. The molecule has 0 heterocycles. The zero-order chi connectivity index (χ0) is 14.5. The number of alkyl halides is 3. The summed E-state index contributed by atoms with van der Waals surface area (Å²) in [5, 5.41) is 10.9. The van der Waals surface area contributed by atoms with Crippen molar-refractivity contribution in [3.05, 3.63) is 23.8 Å². The zero-order valence-electron chi connectivity index (χ0n) is 10.1. The van der Waals surface area contributed by atoms with Gasteiger partial charge >= 0.3 is 6.18 Å². The van der Waals surface area contributed by atoms with Crippen LogP contribution in [0.4, 0.5) is 18.9 Å². The van der Waals surface area contributed by atoms with Crippen LogP contribution in [0.3, 0.4) is 0 Å². The van der Waals surface area contributed by atoms with E-state index in [0.29, 0.717) is 0 Å². The maximum Gasteiger partial charge on any atom is 0.416 e. The quantitative estimate of drug-likeness (QED) is 0.393. The van der Waals surface area contributed by atoms with Crippen LogP contribution in [0.2, 0.25) is 0 Å². The Hall–Kier alpha value is -1.88. The highest BCUT2D eigenvalue weighted by Gasteiger charge is 2.31. The molecule has 1 N–H and O–H groups in total. The van der Waals surface area contributed by atoms with Crippen LogP contribution in [0.25, 0.3) is 0 Å². The van der Waals surface area contributed by atoms with Gasteiger partial charge in [0.2, 0.25) is 0 Å². The van der Waals surface area contributed by atoms with E-state index in [1.807, 2.05) is 0 Å². The number of rotatable bonds is 2. The van der Waals surface area contributed by atoms with Gasteiger partial charge in [-0.3, -0.25) is 5.32 Å². The summed E-state index contributed by atoms with van der Waals surface area (Å²) < 4.78 is 42.8. The molecule has 0 aliphatic heterocycles. The summed E-state index contributed by atoms with van der Waals surface area (Å²) in [5.41, 5.74) is -0.825. The number of benzene rings is 1. The number of halogens is 3. The number of nitriles is 1. The summed E-state index contributed by atoms with van der Waals surface area (Å²) in [6.07, 6.45) is -1.16. The summed E-state index contributed by atoms with van der Waals surface area (Å²) in [6, 6.07) is 2.97. The number of amidine groups is 1. The normalized spacial score (nSPS) is 11.9. The SMILES string of the molecule is COc1ccc(C(F)(F)F)cc1N=C(NC#N)SC. The molecule has 0 atom stereocenters. The molecular formula is C11H10F3N3OS. The number of ether oxygens (including phenoxy) is 1. The van der Waals surface area contributed by atoms with Gasteiger partial charge in [-0.25, -0.2) is 4.99 Å². The van der Waals surface area contributed by atoms with Crippen LogP contribution >= 0.6 is 11.8 Å². The fourth-order valence-corrected chi connectivity index (χ4v) is 1.57. The topological polar surface area (TPSA) is 57.4 Å². The summed E-state index contributed by atoms with van der Waals surface area (Å²) in [5.74, 6) is 0.194. The van der Waals surface area contributed by atoms with Gasteiger partial charge in [-0.05, 0) is 24.5 Å². The predicted octanol–water partition coefficient (Wildman–Crippen LogP) is 3.14. The third-order valence-corrected chi connectivity index (χ3v) is 2.66. The van der Waals surface area contributed by atoms with Crippen molar-refractivity contribution in [3.63, 3.8) is 0 Å². The van der Waals surface area contributed by atoms with E-state index in [-0.39, 0.29) is 16.6 Å². The number of nitrogens with zero attached hydrogens (tertiary/aromatic N) is 2. The number of hydrogen-bond donors (Lipinski definition) is 1. The molecule has 0 saturated heterocycles. The van der Waals surface area contributed by atoms with Gasteiger partial charge in [0.1, 0.15) is 11.4 Å². The Labute approximate surface area is 112 Å². The van der Waals surface area contributed by atoms with Gasteiger partial charge < -0.3 is 4.74 Å². The van der Waals surface area contributed by atoms with Crippen LogP contribution in [-0.4, -0.2) is 18.5 Å². The van der Waals surface area contributed by atoms with Crippen LogP contribution in [0.1, 0.15) is 5.56 Å². The maximum absolute atomic E-state index is 12.6. The molecule has 0 spiro atoms. The van der Waals surface area contributed by atoms with Crippen molar-refractivity contribution in [2.24, 2.45) is 4.99 Å². The molecule has 102 valence electrons. The molecule has 4 nitrogen and oxygen atoms in total. The largest absolute Gasteiger partial charge is 0.494 e. The number of methoxy groups -OCH3 is 1.